The summed E-state index contributed by atoms with van der Waals surface area (Å²) in [5.41, 5.74) is 0. The van der Waals surface area contributed by atoms with Crippen molar-refractivity contribution >= 4 is 17.8 Å². The third-order valence-corrected chi connectivity index (χ3v) is 1.30. The number of aromatic nitrogens is 1. The number of rotatable bonds is 2. The molecule has 0 aromatic carbocycles. The predicted octanol–water partition coefficient (Wildman–Crippen LogP) is 2.20. The summed E-state index contributed by atoms with van der Waals surface area (Å²) in [6.45, 7) is 1.98. The number of carbonyl (C=O) groups excluding carboxylic acids is 1. The number of carbonyl (C=O) groups is 1. The lowest BCUT2D eigenvalue weighted by atomic mass is 10.6. The van der Waals surface area contributed by atoms with E-state index < -0.39 is 6.16 Å². The molecule has 1 aromatic rings. The quantitative estimate of drug-likeness (QED) is 0.726. The monoisotopic (exact) mass is 189 g/mol. The number of halogens is 1. The fourth-order valence-electron chi connectivity index (χ4n) is 0.647. The molecule has 0 saturated heterocycles. The molecule has 0 aliphatic rings. The Balaban J connectivity index is 2.46. The second-order valence-electron chi connectivity index (χ2n) is 1.96. The van der Waals surface area contributed by atoms with E-state index in [4.69, 9.17) is 11.6 Å². The van der Waals surface area contributed by atoms with Gasteiger partial charge in [0.15, 0.2) is 0 Å². The van der Waals surface area contributed by atoms with Crippen LogP contribution in [0.5, 0.6) is 5.88 Å². The van der Waals surface area contributed by atoms with E-state index >= 15 is 0 Å². The van der Waals surface area contributed by atoms with E-state index in [-0.39, 0.29) is 12.5 Å². The van der Waals surface area contributed by atoms with Crippen LogP contribution in [0.4, 0.5) is 4.79 Å². The normalized spacial score (nSPS) is 9.50. The number of hydrogen-bond donors (Lipinski definition) is 1. The zero-order chi connectivity index (χ0) is 8.97. The number of H-pyrrole nitrogens is 1. The molecule has 0 spiro atoms. The molecule has 1 aromatic heterocycles. The number of aromatic amines is 1. The van der Waals surface area contributed by atoms with E-state index in [1.165, 1.54) is 0 Å². The Labute approximate surface area is 74.4 Å². The van der Waals surface area contributed by atoms with E-state index in [1.807, 2.05) is 0 Å². The molecule has 1 N–H and O–H groups in total. The van der Waals surface area contributed by atoms with Crippen LogP contribution >= 0.6 is 11.6 Å². The second-order valence-corrected chi connectivity index (χ2v) is 2.36. The summed E-state index contributed by atoms with van der Waals surface area (Å²) in [5.74, 6) is 0.276. The molecule has 0 unspecified atom stereocenters. The average molecular weight is 190 g/mol. The minimum Gasteiger partial charge on any atom is -0.434 e. The van der Waals surface area contributed by atoms with Crippen molar-refractivity contribution in [3.05, 3.63) is 17.3 Å². The number of hydrogen-bond acceptors (Lipinski definition) is 3. The highest BCUT2D eigenvalue weighted by molar-refractivity contribution is 6.29. The van der Waals surface area contributed by atoms with Gasteiger partial charge in [0, 0.05) is 6.07 Å². The van der Waals surface area contributed by atoms with Gasteiger partial charge in [-0.3, -0.25) is 0 Å². The van der Waals surface area contributed by atoms with Crippen molar-refractivity contribution in [1.29, 1.82) is 0 Å². The summed E-state index contributed by atoms with van der Waals surface area (Å²) in [4.78, 5) is 13.3. The largest absolute Gasteiger partial charge is 0.515 e. The van der Waals surface area contributed by atoms with Crippen molar-refractivity contribution in [2.75, 3.05) is 6.61 Å². The Kier molecular flexibility index (Phi) is 2.99. The van der Waals surface area contributed by atoms with E-state index in [1.54, 1.807) is 19.1 Å². The summed E-state index contributed by atoms with van der Waals surface area (Å²) >= 11 is 5.53. The van der Waals surface area contributed by atoms with Gasteiger partial charge >= 0.3 is 6.16 Å². The summed E-state index contributed by atoms with van der Waals surface area (Å²) in [5, 5.41) is 0.411. The summed E-state index contributed by atoms with van der Waals surface area (Å²) in [7, 11) is 0. The molecule has 12 heavy (non-hydrogen) atoms. The lowest BCUT2D eigenvalue weighted by molar-refractivity contribution is 0.103. The van der Waals surface area contributed by atoms with E-state index in [9.17, 15) is 4.79 Å². The van der Waals surface area contributed by atoms with E-state index in [0.29, 0.717) is 5.15 Å². The molecule has 0 fully saturated rings. The SMILES string of the molecule is CCOC(=O)Oc1ccc(Cl)[nH]1. The summed E-state index contributed by atoms with van der Waals surface area (Å²) in [6, 6.07) is 3.12. The zero-order valence-electron chi connectivity index (χ0n) is 6.46. The minimum absolute atomic E-state index is 0.276. The van der Waals surface area contributed by atoms with Crippen molar-refractivity contribution in [3.63, 3.8) is 0 Å². The molecule has 0 radical (unpaired) electrons. The first-order valence-electron chi connectivity index (χ1n) is 3.41. The molecular weight excluding hydrogens is 182 g/mol. The molecule has 5 heteroatoms. The number of nitrogens with one attached hydrogen (secondary N) is 1. The van der Waals surface area contributed by atoms with Gasteiger partial charge in [0.25, 0.3) is 0 Å². The highest BCUT2D eigenvalue weighted by Gasteiger charge is 2.05. The van der Waals surface area contributed by atoms with Crippen LogP contribution in [0, 0.1) is 0 Å². The van der Waals surface area contributed by atoms with Crippen molar-refractivity contribution in [2.24, 2.45) is 0 Å². The Morgan fingerprint density at radius 2 is 2.42 bits per heavy atom. The first kappa shape index (κ1) is 8.93. The van der Waals surface area contributed by atoms with Gasteiger partial charge in [-0.2, -0.15) is 0 Å². The highest BCUT2D eigenvalue weighted by Crippen LogP contribution is 2.14. The first-order valence-corrected chi connectivity index (χ1v) is 3.79. The minimum atomic E-state index is -0.740. The Hall–Kier alpha value is -1.16. The maximum atomic E-state index is 10.7. The molecule has 0 aliphatic heterocycles. The molecule has 1 rings (SSSR count). The molecule has 0 saturated carbocycles. The van der Waals surface area contributed by atoms with Crippen LogP contribution in [0.2, 0.25) is 5.15 Å². The van der Waals surface area contributed by atoms with Crippen LogP contribution in [-0.4, -0.2) is 17.7 Å². The number of ether oxygens (including phenoxy) is 2. The fraction of sp³-hybridized carbons (Fsp3) is 0.286. The van der Waals surface area contributed by atoms with Crippen molar-refractivity contribution in [2.45, 2.75) is 6.92 Å². The van der Waals surface area contributed by atoms with Gasteiger partial charge in [0.1, 0.15) is 5.15 Å². The van der Waals surface area contributed by atoms with Gasteiger partial charge < -0.3 is 14.5 Å². The molecule has 0 atom stereocenters. The van der Waals surface area contributed by atoms with Crippen molar-refractivity contribution in [3.8, 4) is 5.88 Å². The molecule has 0 bridgehead atoms. The molecule has 0 amide bonds. The standard InChI is InChI=1S/C7H8ClNO3/c1-2-11-7(10)12-6-4-3-5(8)9-6/h3-4,9H,2H2,1H3. The van der Waals surface area contributed by atoms with Crippen molar-refractivity contribution in [1.82, 2.24) is 4.98 Å². The Morgan fingerprint density at radius 3 is 2.92 bits per heavy atom. The lowest BCUT2D eigenvalue weighted by Gasteiger charge is -1.99. The van der Waals surface area contributed by atoms with Crippen LogP contribution < -0.4 is 4.74 Å². The zero-order valence-corrected chi connectivity index (χ0v) is 7.22. The summed E-state index contributed by atoms with van der Waals surface area (Å²) < 4.78 is 9.21. The predicted molar refractivity (Wildman–Crippen MR) is 43.5 cm³/mol. The van der Waals surface area contributed by atoms with Crippen LogP contribution in [0.25, 0.3) is 0 Å². The van der Waals surface area contributed by atoms with E-state index in [2.05, 4.69) is 14.5 Å². The smallest absolute Gasteiger partial charge is 0.434 e. The molecular formula is C7H8ClNO3. The van der Waals surface area contributed by atoms with E-state index in [0.717, 1.165) is 0 Å². The average Bonchev–Trinajstić information content (AvgIpc) is 2.36. The van der Waals surface area contributed by atoms with Gasteiger partial charge in [-0.05, 0) is 13.0 Å². The van der Waals surface area contributed by atoms with Crippen molar-refractivity contribution < 1.29 is 14.3 Å². The van der Waals surface area contributed by atoms with Crippen LogP contribution in [0.1, 0.15) is 6.92 Å². The maximum Gasteiger partial charge on any atom is 0.515 e. The van der Waals surface area contributed by atoms with Gasteiger partial charge in [-0.1, -0.05) is 11.6 Å². The van der Waals surface area contributed by atoms with Gasteiger partial charge in [-0.15, -0.1) is 0 Å². The lowest BCUT2D eigenvalue weighted by Crippen LogP contribution is -2.09. The molecule has 4 nitrogen and oxygen atoms in total. The van der Waals surface area contributed by atoms with Crippen LogP contribution in [0.15, 0.2) is 12.1 Å². The highest BCUT2D eigenvalue weighted by atomic mass is 35.5. The molecule has 0 aliphatic carbocycles. The third kappa shape index (κ3) is 2.47. The Bertz CT molecular complexity index is 271. The Morgan fingerprint density at radius 1 is 1.67 bits per heavy atom. The fourth-order valence-corrected chi connectivity index (χ4v) is 0.803. The molecule has 1 heterocycles. The van der Waals surface area contributed by atoms with Gasteiger partial charge in [0.05, 0.1) is 6.61 Å². The van der Waals surface area contributed by atoms with Gasteiger partial charge in [-0.25, -0.2) is 4.79 Å². The summed E-state index contributed by atoms with van der Waals surface area (Å²) in [6.07, 6.45) is -0.740. The molecule has 66 valence electrons. The van der Waals surface area contributed by atoms with Crippen LogP contribution in [-0.2, 0) is 4.74 Å². The maximum absolute atomic E-state index is 10.7. The third-order valence-electron chi connectivity index (χ3n) is 1.08. The topological polar surface area (TPSA) is 51.3 Å². The van der Waals surface area contributed by atoms with Crippen LogP contribution in [0.3, 0.4) is 0 Å². The van der Waals surface area contributed by atoms with Gasteiger partial charge in [0.2, 0.25) is 5.88 Å². The first-order chi connectivity index (χ1) is 5.72. The second kappa shape index (κ2) is 4.01.